The minimum absolute atomic E-state index is 0.258. The summed E-state index contributed by atoms with van der Waals surface area (Å²) in [6, 6.07) is 0. The van der Waals surface area contributed by atoms with E-state index < -0.39 is 38.9 Å². The van der Waals surface area contributed by atoms with Gasteiger partial charge in [-0.15, -0.1) is 0 Å². The lowest BCUT2D eigenvalue weighted by Crippen LogP contribution is -2.55. The third-order valence-corrected chi connectivity index (χ3v) is 5.89. The molecule has 11 heteroatoms. The number of nitrogens with zero attached hydrogens (tertiary/aromatic N) is 3. The van der Waals surface area contributed by atoms with Gasteiger partial charge in [-0.3, -0.25) is 0 Å². The molecule has 0 aromatic carbocycles. The zero-order valence-corrected chi connectivity index (χ0v) is 14.0. The fraction of sp³-hybridized carbons (Fsp3) is 0.818. The first-order valence-corrected chi connectivity index (χ1v) is 9.06. The number of hydrazone groups is 1. The van der Waals surface area contributed by atoms with Crippen molar-refractivity contribution in [1.29, 1.82) is 0 Å². The first-order chi connectivity index (χ1) is 9.65. The maximum Gasteiger partial charge on any atom is 0.438 e. The summed E-state index contributed by atoms with van der Waals surface area (Å²) >= 11 is 0.841. The highest BCUT2D eigenvalue weighted by molar-refractivity contribution is 8.27. The van der Waals surface area contributed by atoms with Crippen LogP contribution in [0.4, 0.5) is 13.2 Å². The van der Waals surface area contributed by atoms with E-state index in [-0.39, 0.29) is 5.17 Å². The van der Waals surface area contributed by atoms with Crippen molar-refractivity contribution in [2.45, 2.75) is 44.5 Å². The van der Waals surface area contributed by atoms with Crippen molar-refractivity contribution in [2.24, 2.45) is 15.5 Å². The summed E-state index contributed by atoms with van der Waals surface area (Å²) < 4.78 is 62.9. The summed E-state index contributed by atoms with van der Waals surface area (Å²) in [4.78, 5) is 3.33. The summed E-state index contributed by atoms with van der Waals surface area (Å²) in [7, 11) is -3.92. The van der Waals surface area contributed by atoms with Crippen LogP contribution >= 0.6 is 11.8 Å². The van der Waals surface area contributed by atoms with Gasteiger partial charge in [0.1, 0.15) is 5.04 Å². The molecule has 2 aliphatic rings. The van der Waals surface area contributed by atoms with Gasteiger partial charge in [-0.1, -0.05) is 20.8 Å². The molecule has 0 saturated carbocycles. The molecule has 2 atom stereocenters. The van der Waals surface area contributed by atoms with Gasteiger partial charge in [-0.2, -0.15) is 18.3 Å². The van der Waals surface area contributed by atoms with Gasteiger partial charge in [0.15, 0.2) is 20.4 Å². The Morgan fingerprint density at radius 1 is 1.36 bits per heavy atom. The Morgan fingerprint density at radius 2 is 1.91 bits per heavy atom. The van der Waals surface area contributed by atoms with Gasteiger partial charge in [-0.05, 0) is 11.8 Å². The van der Waals surface area contributed by atoms with Crippen molar-refractivity contribution < 1.29 is 26.7 Å². The van der Waals surface area contributed by atoms with E-state index in [1.807, 2.05) is 0 Å². The highest BCUT2D eigenvalue weighted by atomic mass is 32.2. The molecule has 0 fully saturated rings. The lowest BCUT2D eigenvalue weighted by molar-refractivity contribution is -0.262. The van der Waals surface area contributed by atoms with Crippen molar-refractivity contribution in [2.75, 3.05) is 6.26 Å². The summed E-state index contributed by atoms with van der Waals surface area (Å²) in [5.41, 5.74) is -3.91. The standard InChI is InChI=1S/C11H16F3N3O3S2/c1-9(2,3)7-16-17-6(22(4,19)20)5-10(18,11(12,13)14)15-8(17)21-7/h6,18H,5H2,1-4H3. The number of alkyl halides is 3. The normalized spacial score (nSPS) is 30.0. The second-order valence-corrected chi connectivity index (χ2v) is 9.46. The largest absolute Gasteiger partial charge is 0.438 e. The molecule has 0 aromatic heterocycles. The molecule has 2 unspecified atom stereocenters. The van der Waals surface area contributed by atoms with E-state index in [4.69, 9.17) is 0 Å². The van der Waals surface area contributed by atoms with Crippen molar-refractivity contribution in [3.63, 3.8) is 0 Å². The van der Waals surface area contributed by atoms with Gasteiger partial charge in [0.05, 0.1) is 0 Å². The maximum atomic E-state index is 13.1. The van der Waals surface area contributed by atoms with E-state index in [0.29, 0.717) is 5.04 Å². The van der Waals surface area contributed by atoms with Gasteiger partial charge in [0.2, 0.25) is 0 Å². The molecule has 0 aromatic rings. The Hall–Kier alpha value is -0.810. The third-order valence-electron chi connectivity index (χ3n) is 3.18. The van der Waals surface area contributed by atoms with Crippen LogP contribution in [0.5, 0.6) is 0 Å². The minimum Gasteiger partial charge on any atom is -0.362 e. The highest BCUT2D eigenvalue weighted by Gasteiger charge is 2.61. The van der Waals surface area contributed by atoms with Crippen molar-refractivity contribution in [1.82, 2.24) is 5.01 Å². The Morgan fingerprint density at radius 3 is 2.32 bits per heavy atom. The van der Waals surface area contributed by atoms with Gasteiger partial charge in [-0.25, -0.2) is 18.4 Å². The van der Waals surface area contributed by atoms with Crippen LogP contribution in [0, 0.1) is 5.41 Å². The third kappa shape index (κ3) is 2.98. The molecule has 2 heterocycles. The number of thioether (sulfide) groups is 1. The first kappa shape index (κ1) is 17.5. The molecule has 126 valence electrons. The molecular formula is C11H16F3N3O3S2. The fourth-order valence-corrected chi connectivity index (χ4v) is 4.08. The molecule has 6 nitrogen and oxygen atoms in total. The number of sulfone groups is 1. The van der Waals surface area contributed by atoms with E-state index in [1.54, 1.807) is 20.8 Å². The number of hydrogen-bond donors (Lipinski definition) is 1. The van der Waals surface area contributed by atoms with Crippen LogP contribution in [0.1, 0.15) is 27.2 Å². The molecule has 0 amide bonds. The van der Waals surface area contributed by atoms with Crippen LogP contribution in [0.25, 0.3) is 0 Å². The summed E-state index contributed by atoms with van der Waals surface area (Å²) in [5, 5.41) is 13.4. The highest BCUT2D eigenvalue weighted by Crippen LogP contribution is 2.45. The Bertz CT molecular complexity index is 652. The van der Waals surface area contributed by atoms with E-state index in [2.05, 4.69) is 10.1 Å². The van der Waals surface area contributed by atoms with Gasteiger partial charge in [0, 0.05) is 18.1 Å². The number of rotatable bonds is 1. The zero-order valence-electron chi connectivity index (χ0n) is 12.3. The predicted molar refractivity (Wildman–Crippen MR) is 78.0 cm³/mol. The number of hydrogen-bond acceptors (Lipinski definition) is 7. The summed E-state index contributed by atoms with van der Waals surface area (Å²) in [5.74, 6) is 0. The second-order valence-electron chi connectivity index (χ2n) is 6.30. The smallest absolute Gasteiger partial charge is 0.362 e. The number of aliphatic imine (C=N–C) groups is 1. The second kappa shape index (κ2) is 4.84. The average molecular weight is 359 g/mol. The lowest BCUT2D eigenvalue weighted by Gasteiger charge is -2.37. The predicted octanol–water partition coefficient (Wildman–Crippen LogP) is 1.78. The summed E-state index contributed by atoms with van der Waals surface area (Å²) in [6.45, 7) is 5.38. The van der Waals surface area contributed by atoms with E-state index in [1.165, 1.54) is 0 Å². The Kier molecular flexibility index (Phi) is 3.86. The van der Waals surface area contributed by atoms with E-state index in [0.717, 1.165) is 23.0 Å². The Balaban J connectivity index is 2.55. The van der Waals surface area contributed by atoms with E-state index >= 15 is 0 Å². The van der Waals surface area contributed by atoms with Gasteiger partial charge < -0.3 is 5.11 Å². The van der Waals surface area contributed by atoms with Crippen LogP contribution in [0.15, 0.2) is 10.1 Å². The molecule has 0 saturated heterocycles. The first-order valence-electron chi connectivity index (χ1n) is 6.29. The van der Waals surface area contributed by atoms with Crippen molar-refractivity contribution in [3.05, 3.63) is 0 Å². The fourth-order valence-electron chi connectivity index (χ4n) is 1.90. The molecule has 0 aliphatic carbocycles. The topological polar surface area (TPSA) is 82.3 Å². The molecule has 2 aliphatic heterocycles. The van der Waals surface area contributed by atoms with Crippen LogP contribution in [0.2, 0.25) is 0 Å². The number of aliphatic hydroxyl groups is 1. The molecule has 2 rings (SSSR count). The van der Waals surface area contributed by atoms with Gasteiger partial charge >= 0.3 is 6.18 Å². The van der Waals surface area contributed by atoms with Gasteiger partial charge in [0.25, 0.3) is 5.72 Å². The quantitative estimate of drug-likeness (QED) is 0.772. The minimum atomic E-state index is -5.07. The van der Waals surface area contributed by atoms with E-state index in [9.17, 15) is 26.7 Å². The number of fused-ring (bicyclic) bond motifs is 1. The van der Waals surface area contributed by atoms with Crippen molar-refractivity contribution in [3.8, 4) is 0 Å². The molecule has 22 heavy (non-hydrogen) atoms. The lowest BCUT2D eigenvalue weighted by atomic mass is 9.99. The molecule has 0 bridgehead atoms. The van der Waals surface area contributed by atoms with Crippen molar-refractivity contribution >= 4 is 31.8 Å². The maximum absolute atomic E-state index is 13.1. The SMILES string of the molecule is CC(C)(C)C1=NN2C(=NC(O)(C(F)(F)F)CC2S(C)(=O)=O)S1. The summed E-state index contributed by atoms with van der Waals surface area (Å²) in [6.07, 6.45) is -5.37. The molecule has 0 spiro atoms. The van der Waals surface area contributed by atoms with Crippen LogP contribution in [-0.2, 0) is 9.84 Å². The van der Waals surface area contributed by atoms with Crippen LogP contribution in [-0.4, -0.2) is 52.3 Å². The monoisotopic (exact) mass is 359 g/mol. The molecule has 1 N–H and O–H groups in total. The molecule has 0 radical (unpaired) electrons. The average Bonchev–Trinajstić information content (AvgIpc) is 2.67. The molecular weight excluding hydrogens is 343 g/mol. The number of amidine groups is 1. The van der Waals surface area contributed by atoms with Crippen LogP contribution < -0.4 is 0 Å². The van der Waals surface area contributed by atoms with Crippen LogP contribution in [0.3, 0.4) is 0 Å². The zero-order chi connectivity index (χ0) is 17.1. The Labute approximate surface area is 130 Å². The number of halogens is 3.